The van der Waals surface area contributed by atoms with Gasteiger partial charge in [-0.3, -0.25) is 9.59 Å². The molecule has 0 atom stereocenters. The minimum atomic E-state index is -0.536. The lowest BCUT2D eigenvalue weighted by Crippen LogP contribution is -2.41. The molecule has 2 amide bonds. The molecule has 0 unspecified atom stereocenters. The third-order valence-corrected chi connectivity index (χ3v) is 5.17. The van der Waals surface area contributed by atoms with Gasteiger partial charge in [-0.25, -0.2) is 9.79 Å². The minimum Gasteiger partial charge on any atom is -0.391 e. The molecular formula is C20H34N4O4. The summed E-state index contributed by atoms with van der Waals surface area (Å²) < 4.78 is 5.46. The third kappa shape index (κ3) is 9.19. The fourth-order valence-corrected chi connectivity index (χ4v) is 3.65. The maximum absolute atomic E-state index is 12.2. The van der Waals surface area contributed by atoms with Crippen molar-refractivity contribution >= 4 is 23.8 Å². The molecule has 0 radical (unpaired) electrons. The zero-order valence-electron chi connectivity index (χ0n) is 16.9. The Morgan fingerprint density at radius 2 is 1.57 bits per heavy atom. The molecule has 158 valence electrons. The van der Waals surface area contributed by atoms with Crippen LogP contribution in [-0.4, -0.2) is 49.0 Å². The van der Waals surface area contributed by atoms with Crippen molar-refractivity contribution in [3.8, 4) is 0 Å². The zero-order chi connectivity index (χ0) is 20.2. The van der Waals surface area contributed by atoms with E-state index in [1.807, 2.05) is 0 Å². The van der Waals surface area contributed by atoms with E-state index in [2.05, 4.69) is 20.9 Å². The van der Waals surface area contributed by atoms with Crippen molar-refractivity contribution in [2.24, 2.45) is 4.99 Å². The number of esters is 1. The molecule has 0 spiro atoms. The van der Waals surface area contributed by atoms with Gasteiger partial charge in [0.2, 0.25) is 11.8 Å². The summed E-state index contributed by atoms with van der Waals surface area (Å²) in [7, 11) is 0. The Bertz CT molecular complexity index is 552. The highest BCUT2D eigenvalue weighted by Gasteiger charge is 2.20. The van der Waals surface area contributed by atoms with Crippen molar-refractivity contribution in [3.63, 3.8) is 0 Å². The first-order valence-corrected chi connectivity index (χ1v) is 10.6. The predicted octanol–water partition coefficient (Wildman–Crippen LogP) is 1.78. The lowest BCUT2D eigenvalue weighted by molar-refractivity contribution is -0.137. The van der Waals surface area contributed by atoms with Crippen LogP contribution in [0.5, 0.6) is 0 Å². The molecule has 0 heterocycles. The lowest BCUT2D eigenvalue weighted by Gasteiger charge is -2.25. The summed E-state index contributed by atoms with van der Waals surface area (Å²) in [4.78, 5) is 39.4. The molecule has 0 aromatic carbocycles. The standard InChI is InChI=1S/C20H34N4O4/c1-15(25)21-13-12-18(26)22-14-19(27)28-20(23-16-8-4-2-5-9-16)24-17-10-6-3-7-11-17/h16-17H,2-14H2,1H3,(H,21,25)(H,22,26)(H,23,24). The van der Waals surface area contributed by atoms with Gasteiger partial charge in [-0.15, -0.1) is 0 Å². The normalized spacial score (nSPS) is 19.0. The molecule has 3 N–H and O–H groups in total. The van der Waals surface area contributed by atoms with Gasteiger partial charge in [-0.05, 0) is 25.7 Å². The van der Waals surface area contributed by atoms with Gasteiger partial charge < -0.3 is 20.7 Å². The fraction of sp³-hybridized carbons (Fsp3) is 0.800. The zero-order valence-corrected chi connectivity index (χ0v) is 16.9. The number of amidine groups is 1. The van der Waals surface area contributed by atoms with Crippen LogP contribution in [0.25, 0.3) is 0 Å². The Morgan fingerprint density at radius 1 is 0.929 bits per heavy atom. The molecule has 2 rings (SSSR count). The van der Waals surface area contributed by atoms with Gasteiger partial charge >= 0.3 is 5.97 Å². The van der Waals surface area contributed by atoms with Crippen LogP contribution < -0.4 is 16.0 Å². The highest BCUT2D eigenvalue weighted by atomic mass is 16.6. The van der Waals surface area contributed by atoms with Crippen LogP contribution >= 0.6 is 0 Å². The number of nitrogens with one attached hydrogen (secondary N) is 3. The predicted molar refractivity (Wildman–Crippen MR) is 107 cm³/mol. The van der Waals surface area contributed by atoms with Crippen molar-refractivity contribution in [2.45, 2.75) is 89.6 Å². The number of amides is 2. The van der Waals surface area contributed by atoms with Crippen molar-refractivity contribution in [2.75, 3.05) is 13.1 Å². The second-order valence-corrected chi connectivity index (χ2v) is 7.69. The van der Waals surface area contributed by atoms with Gasteiger partial charge in [-0.2, -0.15) is 0 Å². The van der Waals surface area contributed by atoms with Gasteiger partial charge in [0.25, 0.3) is 6.02 Å². The number of hydrogen-bond acceptors (Lipinski definition) is 5. The average molecular weight is 395 g/mol. The molecule has 0 aromatic heterocycles. The summed E-state index contributed by atoms with van der Waals surface area (Å²) in [6.45, 7) is 1.42. The first-order valence-electron chi connectivity index (χ1n) is 10.6. The number of rotatable bonds is 7. The topological polar surface area (TPSA) is 109 Å². The van der Waals surface area contributed by atoms with Crippen molar-refractivity contribution in [1.82, 2.24) is 16.0 Å². The lowest BCUT2D eigenvalue weighted by atomic mass is 9.95. The van der Waals surface area contributed by atoms with E-state index in [9.17, 15) is 14.4 Å². The number of aliphatic imine (C=N–C) groups is 1. The summed E-state index contributed by atoms with van der Waals surface area (Å²) >= 11 is 0. The molecule has 28 heavy (non-hydrogen) atoms. The molecule has 8 heteroatoms. The van der Waals surface area contributed by atoms with E-state index in [1.54, 1.807) is 0 Å². The maximum atomic E-state index is 12.2. The number of carbonyl (C=O) groups excluding carboxylic acids is 3. The van der Waals surface area contributed by atoms with Crippen molar-refractivity contribution in [3.05, 3.63) is 0 Å². The van der Waals surface area contributed by atoms with Gasteiger partial charge in [-0.1, -0.05) is 38.5 Å². The van der Waals surface area contributed by atoms with Crippen molar-refractivity contribution < 1.29 is 19.1 Å². The maximum Gasteiger partial charge on any atom is 0.333 e. The number of nitrogens with zero attached hydrogens (tertiary/aromatic N) is 1. The summed E-state index contributed by atoms with van der Waals surface area (Å²) in [5.41, 5.74) is 0. The average Bonchev–Trinajstić information content (AvgIpc) is 2.67. The molecule has 0 bridgehead atoms. The van der Waals surface area contributed by atoms with E-state index >= 15 is 0 Å². The smallest absolute Gasteiger partial charge is 0.333 e. The van der Waals surface area contributed by atoms with Crippen molar-refractivity contribution in [1.29, 1.82) is 0 Å². The van der Waals surface area contributed by atoms with Gasteiger partial charge in [0.1, 0.15) is 6.54 Å². The van der Waals surface area contributed by atoms with Crippen LogP contribution in [0.4, 0.5) is 0 Å². The Morgan fingerprint density at radius 3 is 2.21 bits per heavy atom. The van der Waals surface area contributed by atoms with Crippen LogP contribution in [0.3, 0.4) is 0 Å². The summed E-state index contributed by atoms with van der Waals surface area (Å²) in [5.74, 6) is -1.04. The molecule has 2 saturated carbocycles. The van der Waals surface area contributed by atoms with Crippen LogP contribution in [0.1, 0.15) is 77.6 Å². The summed E-state index contributed by atoms with van der Waals surface area (Å²) in [5, 5.41) is 8.38. The first-order chi connectivity index (χ1) is 13.5. The highest BCUT2D eigenvalue weighted by molar-refractivity contribution is 5.90. The Kier molecular flexibility index (Phi) is 9.79. The monoisotopic (exact) mass is 394 g/mol. The van der Waals surface area contributed by atoms with Gasteiger partial charge in [0.15, 0.2) is 0 Å². The first kappa shape index (κ1) is 22.2. The molecule has 2 aliphatic rings. The Hall–Kier alpha value is -2.12. The molecule has 0 saturated heterocycles. The number of ether oxygens (including phenoxy) is 1. The molecule has 8 nitrogen and oxygen atoms in total. The van der Waals surface area contributed by atoms with Crippen LogP contribution in [-0.2, 0) is 19.1 Å². The van der Waals surface area contributed by atoms with Crippen LogP contribution in [0, 0.1) is 0 Å². The van der Waals surface area contributed by atoms with E-state index in [1.165, 1.54) is 32.6 Å². The van der Waals surface area contributed by atoms with E-state index in [0.717, 1.165) is 38.5 Å². The molecule has 2 fully saturated rings. The van der Waals surface area contributed by atoms with Crippen LogP contribution in [0.15, 0.2) is 4.99 Å². The Labute approximate surface area is 167 Å². The van der Waals surface area contributed by atoms with E-state index < -0.39 is 5.97 Å². The second-order valence-electron chi connectivity index (χ2n) is 7.69. The highest BCUT2D eigenvalue weighted by Crippen LogP contribution is 2.21. The fourth-order valence-electron chi connectivity index (χ4n) is 3.65. The largest absolute Gasteiger partial charge is 0.391 e. The SMILES string of the molecule is CC(=O)NCCC(=O)NCC(=O)OC(=NC1CCCCC1)NC1CCCCC1. The van der Waals surface area contributed by atoms with Gasteiger partial charge in [0, 0.05) is 25.9 Å². The second kappa shape index (κ2) is 12.4. The minimum absolute atomic E-state index is 0.121. The van der Waals surface area contributed by atoms with E-state index in [0.29, 0.717) is 6.02 Å². The van der Waals surface area contributed by atoms with Crippen LogP contribution in [0.2, 0.25) is 0 Å². The van der Waals surface area contributed by atoms with Gasteiger partial charge in [0.05, 0.1) is 6.04 Å². The summed E-state index contributed by atoms with van der Waals surface area (Å²) in [6, 6.07) is 0.785. The molecule has 0 aliphatic heterocycles. The molecule has 2 aliphatic carbocycles. The number of hydrogen-bond donors (Lipinski definition) is 3. The Balaban J connectivity index is 1.81. The van der Waals surface area contributed by atoms with E-state index in [4.69, 9.17) is 4.74 Å². The number of carbonyl (C=O) groups is 3. The quantitative estimate of drug-likeness (QED) is 0.346. The summed E-state index contributed by atoms with van der Waals surface area (Å²) in [6.07, 6.45) is 11.4. The van der Waals surface area contributed by atoms with E-state index in [-0.39, 0.29) is 43.4 Å². The molecule has 0 aromatic rings. The molecular weight excluding hydrogens is 360 g/mol. The third-order valence-electron chi connectivity index (χ3n) is 5.17.